The molecule has 0 radical (unpaired) electrons. The molecule has 152 valence electrons. The Balaban J connectivity index is 2.43. The highest BCUT2D eigenvalue weighted by molar-refractivity contribution is 9.12. The van der Waals surface area contributed by atoms with Gasteiger partial charge >= 0.3 is 12.1 Å². The fourth-order valence-electron chi connectivity index (χ4n) is 2.69. The number of benzene rings is 1. The van der Waals surface area contributed by atoms with Crippen molar-refractivity contribution >= 4 is 27.6 Å². The molecular weight excluding hydrogens is 437 g/mol. The lowest BCUT2D eigenvalue weighted by molar-refractivity contribution is -0.141. The van der Waals surface area contributed by atoms with Gasteiger partial charge in [0, 0.05) is 18.3 Å². The van der Waals surface area contributed by atoms with Crippen LogP contribution in [-0.2, 0) is 15.7 Å². The van der Waals surface area contributed by atoms with Crippen LogP contribution in [-0.4, -0.2) is 22.8 Å². The maximum atomic E-state index is 13.2. The maximum absolute atomic E-state index is 13.2. The first kappa shape index (κ1) is 22.2. The number of carbonyl (C=O) groups is 1. The van der Waals surface area contributed by atoms with E-state index < -0.39 is 17.7 Å². The Morgan fingerprint density at radius 3 is 2.64 bits per heavy atom. The van der Waals surface area contributed by atoms with Gasteiger partial charge in [-0.25, -0.2) is 9.80 Å². The molecule has 1 aromatic rings. The number of esters is 1. The number of alkyl halides is 3. The lowest BCUT2D eigenvalue weighted by Crippen LogP contribution is -2.17. The molecule has 0 N–H and O–H groups in total. The second-order valence-electron chi connectivity index (χ2n) is 6.90. The number of ether oxygens (including phenoxy) is 1. The minimum absolute atomic E-state index is 0.0982. The van der Waals surface area contributed by atoms with Crippen LogP contribution in [0, 0.1) is 12.8 Å². The van der Waals surface area contributed by atoms with Crippen molar-refractivity contribution in [3.8, 4) is 0 Å². The van der Waals surface area contributed by atoms with E-state index in [0.717, 1.165) is 12.1 Å². The Labute approximate surface area is 170 Å². The largest absolute Gasteiger partial charge is 0.459 e. The molecule has 4 nitrogen and oxygen atoms in total. The summed E-state index contributed by atoms with van der Waals surface area (Å²) in [6.07, 6.45) is 0.837. The first-order valence-electron chi connectivity index (χ1n) is 8.78. The molecule has 0 aromatic heterocycles. The summed E-state index contributed by atoms with van der Waals surface area (Å²) in [5, 5.41) is 5.88. The van der Waals surface area contributed by atoms with Crippen LogP contribution in [0.1, 0.15) is 43.9 Å². The monoisotopic (exact) mass is 458 g/mol. The van der Waals surface area contributed by atoms with Gasteiger partial charge in [-0.3, -0.25) is 0 Å². The SMILES string of the molecule is Cc1cc(C2=NN(/C=C(/Br)C(=O)OC(C)C)C=CCC2C)cc(C(F)(F)F)c1. The fraction of sp³-hybridized carbons (Fsp3) is 0.400. The fourth-order valence-corrected chi connectivity index (χ4v) is 2.99. The van der Waals surface area contributed by atoms with Gasteiger partial charge in [0.1, 0.15) is 4.48 Å². The summed E-state index contributed by atoms with van der Waals surface area (Å²) in [5.41, 5.74) is 0.704. The molecule has 0 spiro atoms. The zero-order valence-electron chi connectivity index (χ0n) is 16.0. The number of hydrogen-bond donors (Lipinski definition) is 0. The van der Waals surface area contributed by atoms with E-state index >= 15 is 0 Å². The Kier molecular flexibility index (Phi) is 7.09. The van der Waals surface area contributed by atoms with E-state index in [4.69, 9.17) is 4.74 Å². The van der Waals surface area contributed by atoms with Crippen molar-refractivity contribution in [3.05, 3.63) is 57.8 Å². The molecule has 1 unspecified atom stereocenters. The van der Waals surface area contributed by atoms with Gasteiger partial charge in [-0.15, -0.1) is 0 Å². The van der Waals surface area contributed by atoms with Gasteiger partial charge in [-0.05, 0) is 66.4 Å². The van der Waals surface area contributed by atoms with Crippen LogP contribution in [0.3, 0.4) is 0 Å². The maximum Gasteiger partial charge on any atom is 0.416 e. The quantitative estimate of drug-likeness (QED) is 0.425. The van der Waals surface area contributed by atoms with Crippen molar-refractivity contribution in [2.24, 2.45) is 11.0 Å². The zero-order valence-corrected chi connectivity index (χ0v) is 17.6. The van der Waals surface area contributed by atoms with Crippen molar-refractivity contribution < 1.29 is 22.7 Å². The second kappa shape index (κ2) is 8.94. The molecule has 8 heteroatoms. The standard InChI is InChI=1S/C20H22BrF3N2O2/c1-12(2)28-19(27)17(21)11-26-7-5-6-14(4)18(25-26)15-8-13(3)9-16(10-15)20(22,23)24/h5,7-12,14H,6H2,1-4H3/b17-11+. The molecule has 0 saturated heterocycles. The molecular formula is C20H22BrF3N2O2. The normalized spacial score (nSPS) is 18.2. The van der Waals surface area contributed by atoms with E-state index in [0.29, 0.717) is 23.3 Å². The number of hydrazone groups is 1. The van der Waals surface area contributed by atoms with Crippen LogP contribution in [0.5, 0.6) is 0 Å². The van der Waals surface area contributed by atoms with E-state index in [2.05, 4.69) is 21.0 Å². The number of rotatable bonds is 4. The van der Waals surface area contributed by atoms with Gasteiger partial charge in [0.05, 0.1) is 17.4 Å². The van der Waals surface area contributed by atoms with Crippen molar-refractivity contribution in [1.82, 2.24) is 5.01 Å². The molecule has 1 heterocycles. The molecule has 1 aliphatic rings. The third kappa shape index (κ3) is 5.95. The summed E-state index contributed by atoms with van der Waals surface area (Å²) in [5.74, 6) is -0.647. The summed E-state index contributed by atoms with van der Waals surface area (Å²) >= 11 is 3.17. The Morgan fingerprint density at radius 2 is 2.04 bits per heavy atom. The van der Waals surface area contributed by atoms with Gasteiger partial charge in [0.15, 0.2) is 0 Å². The number of aryl methyl sites for hydroxylation is 1. The number of carbonyl (C=O) groups excluding carboxylic acids is 1. The Bertz CT molecular complexity index is 829. The van der Waals surface area contributed by atoms with Gasteiger partial charge in [-0.1, -0.05) is 19.1 Å². The van der Waals surface area contributed by atoms with Gasteiger partial charge < -0.3 is 4.74 Å². The van der Waals surface area contributed by atoms with Crippen LogP contribution < -0.4 is 0 Å². The zero-order chi connectivity index (χ0) is 21.1. The number of nitrogens with zero attached hydrogens (tertiary/aromatic N) is 2. The van der Waals surface area contributed by atoms with E-state index in [1.165, 1.54) is 11.2 Å². The summed E-state index contributed by atoms with van der Waals surface area (Å²) in [6.45, 7) is 6.99. The molecule has 1 aromatic carbocycles. The van der Waals surface area contributed by atoms with Crippen LogP contribution in [0.25, 0.3) is 0 Å². The molecule has 0 amide bonds. The van der Waals surface area contributed by atoms with E-state index in [1.54, 1.807) is 33.0 Å². The second-order valence-corrected chi connectivity index (χ2v) is 7.76. The third-order valence-corrected chi connectivity index (χ3v) is 4.45. The predicted octanol–water partition coefficient (Wildman–Crippen LogP) is 5.76. The molecule has 1 atom stereocenters. The highest BCUT2D eigenvalue weighted by Gasteiger charge is 2.31. The molecule has 0 aliphatic carbocycles. The first-order valence-corrected chi connectivity index (χ1v) is 9.57. The highest BCUT2D eigenvalue weighted by atomic mass is 79.9. The Hall–Kier alpha value is -2.09. The predicted molar refractivity (Wildman–Crippen MR) is 106 cm³/mol. The summed E-state index contributed by atoms with van der Waals surface area (Å²) in [6, 6.07) is 3.90. The van der Waals surface area contributed by atoms with Crippen molar-refractivity contribution in [3.63, 3.8) is 0 Å². The van der Waals surface area contributed by atoms with Crippen molar-refractivity contribution in [2.75, 3.05) is 0 Å². The number of allylic oxidation sites excluding steroid dienone is 1. The van der Waals surface area contributed by atoms with Crippen LogP contribution in [0.15, 0.2) is 46.3 Å². The molecule has 28 heavy (non-hydrogen) atoms. The lowest BCUT2D eigenvalue weighted by Gasteiger charge is -2.17. The minimum Gasteiger partial charge on any atom is -0.459 e. The van der Waals surface area contributed by atoms with Crippen molar-refractivity contribution in [2.45, 2.75) is 46.4 Å². The minimum atomic E-state index is -4.43. The molecule has 0 fully saturated rings. The van der Waals surface area contributed by atoms with Crippen LogP contribution in [0.2, 0.25) is 0 Å². The molecule has 0 bridgehead atoms. The van der Waals surface area contributed by atoms with E-state index in [1.807, 2.05) is 13.0 Å². The topological polar surface area (TPSA) is 41.9 Å². The van der Waals surface area contributed by atoms with Gasteiger partial charge in [0.2, 0.25) is 0 Å². The average molecular weight is 459 g/mol. The molecule has 2 rings (SSSR count). The Morgan fingerprint density at radius 1 is 1.36 bits per heavy atom. The molecule has 0 saturated carbocycles. The van der Waals surface area contributed by atoms with Crippen molar-refractivity contribution in [1.29, 1.82) is 0 Å². The average Bonchev–Trinajstić information content (AvgIpc) is 2.74. The summed E-state index contributed by atoms with van der Waals surface area (Å²) in [4.78, 5) is 12.0. The smallest absolute Gasteiger partial charge is 0.416 e. The number of halogens is 4. The first-order chi connectivity index (χ1) is 13.0. The van der Waals surface area contributed by atoms with E-state index in [9.17, 15) is 18.0 Å². The highest BCUT2D eigenvalue weighted by Crippen LogP contribution is 2.32. The van der Waals surface area contributed by atoms with Gasteiger partial charge in [-0.2, -0.15) is 18.3 Å². The lowest BCUT2D eigenvalue weighted by atomic mass is 9.93. The van der Waals surface area contributed by atoms with Crippen LogP contribution >= 0.6 is 15.9 Å². The summed E-state index contributed by atoms with van der Waals surface area (Å²) < 4.78 is 44.9. The number of hydrogen-bond acceptors (Lipinski definition) is 4. The molecule has 1 aliphatic heterocycles. The van der Waals surface area contributed by atoms with Gasteiger partial charge in [0.25, 0.3) is 0 Å². The van der Waals surface area contributed by atoms with Crippen LogP contribution in [0.4, 0.5) is 13.2 Å². The third-order valence-electron chi connectivity index (χ3n) is 3.92. The summed E-state index contributed by atoms with van der Waals surface area (Å²) in [7, 11) is 0. The van der Waals surface area contributed by atoms with E-state index in [-0.39, 0.29) is 16.5 Å².